The second-order valence-electron chi connectivity index (χ2n) is 3.93. The zero-order valence-electron chi connectivity index (χ0n) is 10.2. The second kappa shape index (κ2) is 6.73. The van der Waals surface area contributed by atoms with Gasteiger partial charge in [0.2, 0.25) is 10.0 Å². The Kier molecular flexibility index (Phi) is 5.88. The average Bonchev–Trinajstić information content (AvgIpc) is 2.25. The Bertz CT molecular complexity index is 506. The molecular formula is C11H16Cl2N2O2S. The van der Waals surface area contributed by atoms with Crippen LogP contribution in [0.5, 0.6) is 0 Å². The smallest absolute Gasteiger partial charge is 0.213 e. The van der Waals surface area contributed by atoms with Gasteiger partial charge in [-0.2, -0.15) is 0 Å². The molecule has 1 aromatic carbocycles. The maximum absolute atomic E-state index is 11.7. The molecule has 0 aliphatic carbocycles. The highest BCUT2D eigenvalue weighted by molar-refractivity contribution is 7.89. The molecule has 0 saturated carbocycles. The summed E-state index contributed by atoms with van der Waals surface area (Å²) in [5.74, 6) is 0.0268. The van der Waals surface area contributed by atoms with E-state index in [0.717, 1.165) is 0 Å². The molecule has 0 spiro atoms. The second-order valence-corrected chi connectivity index (χ2v) is 6.64. The lowest BCUT2D eigenvalue weighted by molar-refractivity contribution is 0.565. The third-order valence-electron chi connectivity index (χ3n) is 2.41. The van der Waals surface area contributed by atoms with Gasteiger partial charge in [-0.05, 0) is 31.7 Å². The fourth-order valence-corrected chi connectivity index (χ4v) is 3.31. The van der Waals surface area contributed by atoms with Gasteiger partial charge in [-0.15, -0.1) is 0 Å². The Hall–Kier alpha value is -0.330. The molecule has 4 nitrogen and oxygen atoms in total. The van der Waals surface area contributed by atoms with Gasteiger partial charge in [0.15, 0.2) is 0 Å². The van der Waals surface area contributed by atoms with Crippen molar-refractivity contribution < 1.29 is 8.42 Å². The quantitative estimate of drug-likeness (QED) is 0.847. The monoisotopic (exact) mass is 310 g/mol. The van der Waals surface area contributed by atoms with Gasteiger partial charge in [0.05, 0.1) is 5.75 Å². The molecule has 0 heterocycles. The van der Waals surface area contributed by atoms with Crippen LogP contribution >= 0.6 is 23.2 Å². The van der Waals surface area contributed by atoms with Crippen molar-refractivity contribution in [3.05, 3.63) is 33.8 Å². The minimum absolute atomic E-state index is 0.0268. The van der Waals surface area contributed by atoms with Crippen LogP contribution in [0.2, 0.25) is 10.0 Å². The molecular weight excluding hydrogens is 295 g/mol. The van der Waals surface area contributed by atoms with Crippen LogP contribution in [0.25, 0.3) is 0 Å². The van der Waals surface area contributed by atoms with Gasteiger partial charge < -0.3 is 5.32 Å². The van der Waals surface area contributed by atoms with Gasteiger partial charge in [0.25, 0.3) is 0 Å². The zero-order chi connectivity index (χ0) is 13.8. The van der Waals surface area contributed by atoms with E-state index in [2.05, 4.69) is 10.0 Å². The fraction of sp³-hybridized carbons (Fsp3) is 0.455. The van der Waals surface area contributed by atoms with E-state index in [4.69, 9.17) is 23.2 Å². The van der Waals surface area contributed by atoms with Crippen molar-refractivity contribution in [2.75, 3.05) is 19.3 Å². The molecule has 0 saturated heterocycles. The molecule has 0 bridgehead atoms. The standard InChI is InChI=1S/C11H16Cl2N2O2S/c1-8(15-18(16,17)6-5-14-2)10-4-3-9(12)7-11(10)13/h3-4,7-8,14-15H,5-6H2,1-2H3. The summed E-state index contributed by atoms with van der Waals surface area (Å²) >= 11 is 11.8. The van der Waals surface area contributed by atoms with Crippen molar-refractivity contribution in [1.82, 2.24) is 10.0 Å². The number of nitrogens with one attached hydrogen (secondary N) is 2. The van der Waals surface area contributed by atoms with Crippen LogP contribution in [0.1, 0.15) is 18.5 Å². The largest absolute Gasteiger partial charge is 0.319 e. The first-order chi connectivity index (χ1) is 8.35. The molecule has 1 aromatic rings. The molecule has 7 heteroatoms. The van der Waals surface area contributed by atoms with Crippen LogP contribution in [-0.4, -0.2) is 27.8 Å². The Labute approximate surface area is 118 Å². The molecule has 1 atom stereocenters. The summed E-state index contributed by atoms with van der Waals surface area (Å²) in [6, 6.07) is 4.60. The first-order valence-electron chi connectivity index (χ1n) is 5.45. The predicted molar refractivity (Wildman–Crippen MR) is 75.7 cm³/mol. The van der Waals surface area contributed by atoms with Crippen molar-refractivity contribution in [1.29, 1.82) is 0 Å². The summed E-state index contributed by atoms with van der Waals surface area (Å²) in [7, 11) is -1.62. The molecule has 102 valence electrons. The highest BCUT2D eigenvalue weighted by Gasteiger charge is 2.17. The summed E-state index contributed by atoms with van der Waals surface area (Å²) in [6.07, 6.45) is 0. The molecule has 1 unspecified atom stereocenters. The van der Waals surface area contributed by atoms with Gasteiger partial charge in [0, 0.05) is 22.6 Å². The van der Waals surface area contributed by atoms with E-state index < -0.39 is 16.1 Å². The molecule has 0 aliphatic heterocycles. The fourth-order valence-electron chi connectivity index (χ4n) is 1.48. The van der Waals surface area contributed by atoms with E-state index in [0.29, 0.717) is 22.2 Å². The van der Waals surface area contributed by atoms with E-state index in [1.54, 1.807) is 32.2 Å². The van der Waals surface area contributed by atoms with E-state index >= 15 is 0 Å². The Balaban J connectivity index is 2.79. The maximum Gasteiger partial charge on any atom is 0.213 e. The van der Waals surface area contributed by atoms with Gasteiger partial charge in [0.1, 0.15) is 0 Å². The van der Waals surface area contributed by atoms with Crippen LogP contribution in [0.3, 0.4) is 0 Å². The number of benzene rings is 1. The van der Waals surface area contributed by atoms with E-state index in [1.807, 2.05) is 0 Å². The van der Waals surface area contributed by atoms with Gasteiger partial charge in [-0.1, -0.05) is 29.3 Å². The van der Waals surface area contributed by atoms with E-state index in [-0.39, 0.29) is 5.75 Å². The minimum Gasteiger partial charge on any atom is -0.319 e. The normalized spacial score (nSPS) is 13.6. The zero-order valence-corrected chi connectivity index (χ0v) is 12.5. The van der Waals surface area contributed by atoms with Gasteiger partial charge >= 0.3 is 0 Å². The summed E-state index contributed by atoms with van der Waals surface area (Å²) in [6.45, 7) is 2.14. The molecule has 0 aliphatic rings. The minimum atomic E-state index is -3.32. The topological polar surface area (TPSA) is 58.2 Å². The Morgan fingerprint density at radius 3 is 2.56 bits per heavy atom. The number of halogens is 2. The summed E-state index contributed by atoms with van der Waals surface area (Å²) in [4.78, 5) is 0. The van der Waals surface area contributed by atoms with Crippen LogP contribution < -0.4 is 10.0 Å². The molecule has 0 radical (unpaired) electrons. The molecule has 18 heavy (non-hydrogen) atoms. The van der Waals surface area contributed by atoms with E-state index in [1.165, 1.54) is 0 Å². The lowest BCUT2D eigenvalue weighted by Gasteiger charge is -2.16. The number of sulfonamides is 1. The van der Waals surface area contributed by atoms with Crippen molar-refractivity contribution in [2.24, 2.45) is 0 Å². The van der Waals surface area contributed by atoms with Crippen molar-refractivity contribution in [3.63, 3.8) is 0 Å². The predicted octanol–water partition coefficient (Wildman–Crippen LogP) is 2.19. The molecule has 0 amide bonds. The van der Waals surface area contributed by atoms with Crippen molar-refractivity contribution >= 4 is 33.2 Å². The van der Waals surface area contributed by atoms with Crippen LogP contribution in [-0.2, 0) is 10.0 Å². The molecule has 1 rings (SSSR count). The third-order valence-corrected chi connectivity index (χ3v) is 4.42. The van der Waals surface area contributed by atoms with Crippen LogP contribution in [0, 0.1) is 0 Å². The average molecular weight is 311 g/mol. The summed E-state index contributed by atoms with van der Waals surface area (Å²) < 4.78 is 26.0. The molecule has 0 aromatic heterocycles. The highest BCUT2D eigenvalue weighted by atomic mass is 35.5. The molecule has 0 fully saturated rings. The highest BCUT2D eigenvalue weighted by Crippen LogP contribution is 2.26. The van der Waals surface area contributed by atoms with Crippen molar-refractivity contribution in [3.8, 4) is 0 Å². The van der Waals surface area contributed by atoms with E-state index in [9.17, 15) is 8.42 Å². The van der Waals surface area contributed by atoms with Gasteiger partial charge in [-0.3, -0.25) is 0 Å². The summed E-state index contributed by atoms with van der Waals surface area (Å²) in [5.41, 5.74) is 0.703. The van der Waals surface area contributed by atoms with Crippen LogP contribution in [0.15, 0.2) is 18.2 Å². The SMILES string of the molecule is CNCCS(=O)(=O)NC(C)c1ccc(Cl)cc1Cl. The van der Waals surface area contributed by atoms with Gasteiger partial charge in [-0.25, -0.2) is 13.1 Å². The lowest BCUT2D eigenvalue weighted by Crippen LogP contribution is -2.32. The lowest BCUT2D eigenvalue weighted by atomic mass is 10.1. The number of rotatable bonds is 6. The third kappa shape index (κ3) is 4.74. The van der Waals surface area contributed by atoms with Crippen LogP contribution in [0.4, 0.5) is 0 Å². The summed E-state index contributed by atoms with van der Waals surface area (Å²) in [5, 5.41) is 3.77. The molecule has 2 N–H and O–H groups in total. The first-order valence-corrected chi connectivity index (χ1v) is 7.86. The number of hydrogen-bond acceptors (Lipinski definition) is 3. The number of hydrogen-bond donors (Lipinski definition) is 2. The Morgan fingerprint density at radius 2 is 2.00 bits per heavy atom. The first kappa shape index (κ1) is 15.7. The van der Waals surface area contributed by atoms with Crippen molar-refractivity contribution in [2.45, 2.75) is 13.0 Å². The maximum atomic E-state index is 11.7. The Morgan fingerprint density at radius 1 is 1.33 bits per heavy atom.